The molecule has 2 heterocycles. The summed E-state index contributed by atoms with van der Waals surface area (Å²) in [6.07, 6.45) is 2.97. The van der Waals surface area contributed by atoms with Crippen LogP contribution in [0.4, 0.5) is 5.69 Å². The topological polar surface area (TPSA) is 74.4 Å². The first-order valence-electron chi connectivity index (χ1n) is 9.37. The third-order valence-corrected chi connectivity index (χ3v) is 5.19. The molecule has 2 aromatic carbocycles. The SMILES string of the molecule is COc1ccc(N2C(=O)C[C@@H](NCCc3c[nH]c4ccc(C)cc34)C2=O)cc1. The summed E-state index contributed by atoms with van der Waals surface area (Å²) in [4.78, 5) is 29.6. The minimum absolute atomic E-state index is 0.178. The van der Waals surface area contributed by atoms with Gasteiger partial charge in [0.15, 0.2) is 0 Å². The molecule has 0 aliphatic carbocycles. The highest BCUT2D eigenvalue weighted by molar-refractivity contribution is 6.22. The van der Waals surface area contributed by atoms with E-state index in [1.165, 1.54) is 21.4 Å². The number of imide groups is 1. The van der Waals surface area contributed by atoms with Crippen molar-refractivity contribution < 1.29 is 14.3 Å². The van der Waals surface area contributed by atoms with Gasteiger partial charge in [-0.3, -0.25) is 9.59 Å². The van der Waals surface area contributed by atoms with Gasteiger partial charge in [0, 0.05) is 23.6 Å². The van der Waals surface area contributed by atoms with Gasteiger partial charge >= 0.3 is 0 Å². The van der Waals surface area contributed by atoms with Gasteiger partial charge in [-0.15, -0.1) is 0 Å². The fraction of sp³-hybridized carbons (Fsp3) is 0.273. The van der Waals surface area contributed by atoms with Crippen molar-refractivity contribution in [2.45, 2.75) is 25.8 Å². The van der Waals surface area contributed by atoms with Crippen LogP contribution in [0.3, 0.4) is 0 Å². The normalized spacial score (nSPS) is 16.9. The van der Waals surface area contributed by atoms with Crippen molar-refractivity contribution in [1.29, 1.82) is 0 Å². The number of aromatic amines is 1. The van der Waals surface area contributed by atoms with Crippen molar-refractivity contribution in [3.63, 3.8) is 0 Å². The molecule has 4 rings (SSSR count). The van der Waals surface area contributed by atoms with Gasteiger partial charge in [0.1, 0.15) is 5.75 Å². The van der Waals surface area contributed by atoms with Gasteiger partial charge in [0.05, 0.1) is 25.3 Å². The third-order valence-electron chi connectivity index (χ3n) is 5.19. The molecule has 0 bridgehead atoms. The molecule has 2 amide bonds. The van der Waals surface area contributed by atoms with Gasteiger partial charge in [0.25, 0.3) is 5.91 Å². The number of nitrogens with one attached hydrogen (secondary N) is 2. The van der Waals surface area contributed by atoms with Crippen LogP contribution in [-0.2, 0) is 16.0 Å². The van der Waals surface area contributed by atoms with E-state index in [4.69, 9.17) is 4.74 Å². The molecule has 1 fully saturated rings. The summed E-state index contributed by atoms with van der Waals surface area (Å²) in [5, 5.41) is 4.46. The molecule has 1 atom stereocenters. The van der Waals surface area contributed by atoms with Crippen LogP contribution >= 0.6 is 0 Å². The zero-order valence-corrected chi connectivity index (χ0v) is 16.0. The number of anilines is 1. The molecule has 1 aromatic heterocycles. The van der Waals surface area contributed by atoms with E-state index in [0.717, 1.165) is 11.9 Å². The first-order valence-corrected chi connectivity index (χ1v) is 9.37. The van der Waals surface area contributed by atoms with E-state index in [-0.39, 0.29) is 18.2 Å². The van der Waals surface area contributed by atoms with E-state index in [1.807, 2.05) is 6.20 Å². The van der Waals surface area contributed by atoms with Gasteiger partial charge in [-0.05, 0) is 55.3 Å². The summed E-state index contributed by atoms with van der Waals surface area (Å²) in [6.45, 7) is 2.70. The number of hydrogen-bond donors (Lipinski definition) is 2. The summed E-state index contributed by atoms with van der Waals surface area (Å²) in [6, 6.07) is 12.8. The predicted octanol–water partition coefficient (Wildman–Crippen LogP) is 2.95. The summed E-state index contributed by atoms with van der Waals surface area (Å²) in [7, 11) is 1.58. The summed E-state index contributed by atoms with van der Waals surface area (Å²) >= 11 is 0. The quantitative estimate of drug-likeness (QED) is 0.648. The lowest BCUT2D eigenvalue weighted by Gasteiger charge is -2.16. The van der Waals surface area contributed by atoms with Gasteiger partial charge in [-0.25, -0.2) is 4.90 Å². The molecule has 0 spiro atoms. The molecule has 1 aliphatic heterocycles. The zero-order valence-electron chi connectivity index (χ0n) is 16.0. The number of nitrogens with zero attached hydrogens (tertiary/aromatic N) is 1. The Hall–Kier alpha value is -3.12. The van der Waals surface area contributed by atoms with Crippen molar-refractivity contribution in [2.24, 2.45) is 0 Å². The second kappa shape index (κ2) is 7.48. The number of amides is 2. The minimum Gasteiger partial charge on any atom is -0.497 e. The first-order chi connectivity index (χ1) is 13.6. The molecule has 1 saturated heterocycles. The number of carbonyl (C=O) groups excluding carboxylic acids is 2. The Labute approximate surface area is 163 Å². The Bertz CT molecular complexity index is 1020. The van der Waals surface area contributed by atoms with E-state index < -0.39 is 6.04 Å². The number of benzene rings is 2. The molecular formula is C22H23N3O3. The smallest absolute Gasteiger partial charge is 0.251 e. The van der Waals surface area contributed by atoms with Gasteiger partial charge in [-0.2, -0.15) is 0 Å². The number of rotatable bonds is 6. The van der Waals surface area contributed by atoms with Crippen molar-refractivity contribution in [3.8, 4) is 5.75 Å². The first kappa shape index (κ1) is 18.3. The molecule has 0 unspecified atom stereocenters. The number of ether oxygens (including phenoxy) is 1. The number of aryl methyl sites for hydroxylation is 1. The Morgan fingerprint density at radius 3 is 2.71 bits per heavy atom. The molecule has 6 heteroatoms. The summed E-state index contributed by atoms with van der Waals surface area (Å²) in [5.41, 5.74) is 4.11. The molecule has 0 radical (unpaired) electrons. The number of hydrogen-bond acceptors (Lipinski definition) is 4. The molecular weight excluding hydrogens is 354 g/mol. The summed E-state index contributed by atoms with van der Waals surface area (Å²) < 4.78 is 5.13. The van der Waals surface area contributed by atoms with Crippen molar-refractivity contribution >= 4 is 28.4 Å². The lowest BCUT2D eigenvalue weighted by molar-refractivity contribution is -0.121. The molecule has 6 nitrogen and oxygen atoms in total. The number of fused-ring (bicyclic) bond motifs is 1. The van der Waals surface area contributed by atoms with Crippen molar-refractivity contribution in [3.05, 3.63) is 59.8 Å². The van der Waals surface area contributed by atoms with E-state index in [9.17, 15) is 9.59 Å². The lowest BCUT2D eigenvalue weighted by Crippen LogP contribution is -2.39. The monoisotopic (exact) mass is 377 g/mol. The Morgan fingerprint density at radius 2 is 1.96 bits per heavy atom. The Morgan fingerprint density at radius 1 is 1.18 bits per heavy atom. The number of carbonyl (C=O) groups is 2. The number of H-pyrrole nitrogens is 1. The number of aromatic nitrogens is 1. The maximum absolute atomic E-state index is 12.7. The molecule has 3 aromatic rings. The van der Waals surface area contributed by atoms with Crippen LogP contribution in [0, 0.1) is 6.92 Å². The second-order valence-corrected chi connectivity index (χ2v) is 7.09. The van der Waals surface area contributed by atoms with E-state index in [1.54, 1.807) is 31.4 Å². The van der Waals surface area contributed by atoms with Crippen molar-refractivity contribution in [2.75, 3.05) is 18.6 Å². The van der Waals surface area contributed by atoms with Gasteiger partial charge in [-0.1, -0.05) is 11.6 Å². The highest BCUT2D eigenvalue weighted by Gasteiger charge is 2.39. The molecule has 1 aliphatic rings. The Kier molecular flexibility index (Phi) is 4.88. The maximum Gasteiger partial charge on any atom is 0.251 e. The molecule has 2 N–H and O–H groups in total. The molecule has 28 heavy (non-hydrogen) atoms. The van der Waals surface area contributed by atoms with Crippen LogP contribution in [-0.4, -0.2) is 36.5 Å². The van der Waals surface area contributed by atoms with Crippen molar-refractivity contribution in [1.82, 2.24) is 10.3 Å². The van der Waals surface area contributed by atoms with Crippen LogP contribution in [0.15, 0.2) is 48.7 Å². The van der Waals surface area contributed by atoms with E-state index in [2.05, 4.69) is 35.4 Å². The fourth-order valence-corrected chi connectivity index (χ4v) is 3.67. The third kappa shape index (κ3) is 3.39. The fourth-order valence-electron chi connectivity index (χ4n) is 3.67. The second-order valence-electron chi connectivity index (χ2n) is 7.09. The zero-order chi connectivity index (χ0) is 19.7. The largest absolute Gasteiger partial charge is 0.497 e. The average molecular weight is 377 g/mol. The van der Waals surface area contributed by atoms with Crippen LogP contribution in [0.1, 0.15) is 17.5 Å². The minimum atomic E-state index is -0.485. The van der Waals surface area contributed by atoms with Gasteiger partial charge in [0.2, 0.25) is 5.91 Å². The van der Waals surface area contributed by atoms with Crippen LogP contribution in [0.2, 0.25) is 0 Å². The van der Waals surface area contributed by atoms with Crippen LogP contribution < -0.4 is 15.0 Å². The summed E-state index contributed by atoms with van der Waals surface area (Å²) in [5.74, 6) is 0.298. The molecule has 0 saturated carbocycles. The number of methoxy groups -OCH3 is 1. The van der Waals surface area contributed by atoms with Gasteiger partial charge < -0.3 is 15.0 Å². The highest BCUT2D eigenvalue weighted by Crippen LogP contribution is 2.25. The predicted molar refractivity (Wildman–Crippen MR) is 109 cm³/mol. The average Bonchev–Trinajstić information content (AvgIpc) is 3.22. The van der Waals surface area contributed by atoms with Crippen LogP contribution in [0.5, 0.6) is 5.75 Å². The lowest BCUT2D eigenvalue weighted by atomic mass is 10.1. The van der Waals surface area contributed by atoms with Crippen LogP contribution in [0.25, 0.3) is 10.9 Å². The van der Waals surface area contributed by atoms with E-state index in [0.29, 0.717) is 18.0 Å². The Balaban J connectivity index is 1.40. The molecule has 144 valence electrons. The standard InChI is InChI=1S/C22H23N3O3/c1-14-3-8-19-18(11-14)15(13-24-19)9-10-23-20-12-21(26)25(22(20)27)16-4-6-17(28-2)7-5-16/h3-8,11,13,20,23-24H,9-10,12H2,1-2H3/t20-/m1/s1. The highest BCUT2D eigenvalue weighted by atomic mass is 16.5. The van der Waals surface area contributed by atoms with E-state index >= 15 is 0 Å². The maximum atomic E-state index is 12.7.